The molecule has 2 aromatic carbocycles. The smallest absolute Gasteiger partial charge is 0.410 e. The number of carbonyl (C=O) groups excluding carboxylic acids is 2. The molecule has 1 aliphatic rings. The summed E-state index contributed by atoms with van der Waals surface area (Å²) in [6.07, 6.45) is 0.655. The van der Waals surface area contributed by atoms with Crippen molar-refractivity contribution in [1.29, 1.82) is 0 Å². The topological polar surface area (TPSA) is 83.5 Å². The zero-order chi connectivity index (χ0) is 21.5. The van der Waals surface area contributed by atoms with Gasteiger partial charge in [-0.25, -0.2) is 9.59 Å². The first-order chi connectivity index (χ1) is 14.6. The number of ether oxygens (including phenoxy) is 5. The average Bonchev–Trinajstić information content (AvgIpc) is 3.27. The Morgan fingerprint density at radius 1 is 1.00 bits per heavy atom. The Labute approximate surface area is 175 Å². The summed E-state index contributed by atoms with van der Waals surface area (Å²) in [5.41, 5.74) is 0.876. The van der Waals surface area contributed by atoms with Gasteiger partial charge in [0.1, 0.15) is 18.4 Å². The summed E-state index contributed by atoms with van der Waals surface area (Å²) in [6, 6.07) is 11.7. The molecule has 1 fully saturated rings. The number of hydrogen-bond donors (Lipinski definition) is 0. The van der Waals surface area contributed by atoms with Crippen molar-refractivity contribution in [2.24, 2.45) is 0 Å². The van der Waals surface area contributed by atoms with Crippen LogP contribution in [0.2, 0.25) is 0 Å². The highest BCUT2D eigenvalue weighted by Crippen LogP contribution is 2.41. The largest absolute Gasteiger partial charge is 0.493 e. The fraction of sp³-hybridized carbons (Fsp3) is 0.364. The normalized spacial score (nSPS) is 15.4. The lowest BCUT2D eigenvalue weighted by Crippen LogP contribution is -2.42. The van der Waals surface area contributed by atoms with Gasteiger partial charge in [-0.3, -0.25) is 4.90 Å². The van der Waals surface area contributed by atoms with E-state index in [0.717, 1.165) is 5.56 Å². The van der Waals surface area contributed by atoms with Gasteiger partial charge in [0, 0.05) is 18.7 Å². The van der Waals surface area contributed by atoms with Crippen LogP contribution in [0, 0.1) is 0 Å². The fourth-order valence-electron chi connectivity index (χ4n) is 3.33. The van der Waals surface area contributed by atoms with Crippen LogP contribution in [0.5, 0.6) is 23.0 Å². The zero-order valence-electron chi connectivity index (χ0n) is 17.3. The lowest BCUT2D eigenvalue weighted by Gasteiger charge is -2.23. The fourth-order valence-corrected chi connectivity index (χ4v) is 3.33. The van der Waals surface area contributed by atoms with Crippen molar-refractivity contribution < 1.29 is 33.3 Å². The van der Waals surface area contributed by atoms with E-state index in [0.29, 0.717) is 36.6 Å². The Kier molecular flexibility index (Phi) is 7.00. The van der Waals surface area contributed by atoms with E-state index in [1.807, 2.05) is 30.3 Å². The van der Waals surface area contributed by atoms with Crippen LogP contribution < -0.4 is 18.9 Å². The molecule has 3 rings (SSSR count). The molecule has 1 heterocycles. The lowest BCUT2D eigenvalue weighted by molar-refractivity contribution is -0.139. The van der Waals surface area contributed by atoms with Crippen LogP contribution in [0.15, 0.2) is 42.5 Å². The van der Waals surface area contributed by atoms with Crippen molar-refractivity contribution >= 4 is 12.1 Å². The molecule has 0 radical (unpaired) electrons. The standard InChI is InChI=1S/C22H25NO7/c1-26-18-12-16(13-19(27-2)20(18)28-3)30-21(24)17-10-7-11-23(17)22(25)29-14-15-8-5-4-6-9-15/h4-6,8-9,12-13,17H,7,10-11,14H2,1-3H3. The van der Waals surface area contributed by atoms with E-state index < -0.39 is 18.1 Å². The SMILES string of the molecule is COc1cc(OC(=O)C2CCCN2C(=O)OCc2ccccc2)cc(OC)c1OC. The maximum Gasteiger partial charge on any atom is 0.410 e. The molecule has 160 valence electrons. The second kappa shape index (κ2) is 9.87. The number of hydrogen-bond acceptors (Lipinski definition) is 7. The number of amides is 1. The van der Waals surface area contributed by atoms with Crippen LogP contribution in [0.1, 0.15) is 18.4 Å². The van der Waals surface area contributed by atoms with Crippen LogP contribution in [-0.2, 0) is 16.1 Å². The van der Waals surface area contributed by atoms with Gasteiger partial charge in [0.05, 0.1) is 21.3 Å². The summed E-state index contributed by atoms with van der Waals surface area (Å²) < 4.78 is 26.7. The molecule has 0 N–H and O–H groups in total. The van der Waals surface area contributed by atoms with E-state index >= 15 is 0 Å². The van der Waals surface area contributed by atoms with Gasteiger partial charge in [0.2, 0.25) is 5.75 Å². The maximum atomic E-state index is 12.8. The van der Waals surface area contributed by atoms with Gasteiger partial charge in [-0.15, -0.1) is 0 Å². The van der Waals surface area contributed by atoms with Crippen molar-refractivity contribution in [3.63, 3.8) is 0 Å². The molecule has 1 saturated heterocycles. The Hall–Kier alpha value is -3.42. The molecule has 0 saturated carbocycles. The Morgan fingerprint density at radius 3 is 2.27 bits per heavy atom. The van der Waals surface area contributed by atoms with Gasteiger partial charge >= 0.3 is 12.1 Å². The highest BCUT2D eigenvalue weighted by molar-refractivity contribution is 5.84. The molecule has 1 aliphatic heterocycles. The second-order valence-electron chi connectivity index (χ2n) is 6.67. The van der Waals surface area contributed by atoms with Crippen LogP contribution >= 0.6 is 0 Å². The molecule has 0 bridgehead atoms. The van der Waals surface area contributed by atoms with Crippen molar-refractivity contribution in [2.45, 2.75) is 25.5 Å². The summed E-state index contributed by atoms with van der Waals surface area (Å²) in [5.74, 6) is 0.819. The number of methoxy groups -OCH3 is 3. The summed E-state index contributed by atoms with van der Waals surface area (Å²) in [7, 11) is 4.44. The van der Waals surface area contributed by atoms with Crippen LogP contribution in [0.25, 0.3) is 0 Å². The summed E-state index contributed by atoms with van der Waals surface area (Å²) in [4.78, 5) is 26.7. The second-order valence-corrected chi connectivity index (χ2v) is 6.67. The van der Waals surface area contributed by atoms with Crippen LogP contribution in [0.4, 0.5) is 4.79 Å². The summed E-state index contributed by atoms with van der Waals surface area (Å²) >= 11 is 0. The highest BCUT2D eigenvalue weighted by Gasteiger charge is 2.36. The van der Waals surface area contributed by atoms with E-state index in [-0.39, 0.29) is 12.4 Å². The van der Waals surface area contributed by atoms with E-state index in [9.17, 15) is 9.59 Å². The predicted octanol–water partition coefficient (Wildman–Crippen LogP) is 3.42. The molecule has 1 unspecified atom stereocenters. The molecule has 8 nitrogen and oxygen atoms in total. The quantitative estimate of drug-likeness (QED) is 0.506. The molecule has 8 heteroatoms. The van der Waals surface area contributed by atoms with Gasteiger partial charge in [0.25, 0.3) is 0 Å². The summed E-state index contributed by atoms with van der Waals surface area (Å²) in [6.45, 7) is 0.577. The minimum atomic E-state index is -0.715. The van der Waals surface area contributed by atoms with E-state index in [1.165, 1.54) is 38.4 Å². The highest BCUT2D eigenvalue weighted by atomic mass is 16.6. The minimum Gasteiger partial charge on any atom is -0.493 e. The molecule has 1 atom stereocenters. The Balaban J connectivity index is 1.67. The predicted molar refractivity (Wildman–Crippen MR) is 108 cm³/mol. The van der Waals surface area contributed by atoms with E-state index in [1.54, 1.807) is 0 Å². The van der Waals surface area contributed by atoms with Gasteiger partial charge in [0.15, 0.2) is 11.5 Å². The molecule has 0 aliphatic carbocycles. The number of nitrogens with zero attached hydrogens (tertiary/aromatic N) is 1. The number of esters is 1. The van der Waals surface area contributed by atoms with E-state index in [4.69, 9.17) is 23.7 Å². The first-order valence-corrected chi connectivity index (χ1v) is 9.56. The third-order valence-corrected chi connectivity index (χ3v) is 4.82. The van der Waals surface area contributed by atoms with Crippen molar-refractivity contribution in [3.05, 3.63) is 48.0 Å². The first kappa shape index (κ1) is 21.3. The zero-order valence-corrected chi connectivity index (χ0v) is 17.3. The molecule has 0 aromatic heterocycles. The summed E-state index contributed by atoms with van der Waals surface area (Å²) in [5, 5.41) is 0. The molecular formula is C22H25NO7. The molecule has 1 amide bonds. The molecular weight excluding hydrogens is 390 g/mol. The van der Waals surface area contributed by atoms with Gasteiger partial charge in [-0.2, -0.15) is 0 Å². The molecule has 30 heavy (non-hydrogen) atoms. The number of likely N-dealkylation sites (tertiary alicyclic amines) is 1. The Bertz CT molecular complexity index is 859. The molecule has 0 spiro atoms. The average molecular weight is 415 g/mol. The van der Waals surface area contributed by atoms with Gasteiger partial charge in [-0.05, 0) is 18.4 Å². The van der Waals surface area contributed by atoms with Gasteiger partial charge < -0.3 is 23.7 Å². The van der Waals surface area contributed by atoms with E-state index in [2.05, 4.69) is 0 Å². The first-order valence-electron chi connectivity index (χ1n) is 9.56. The van der Waals surface area contributed by atoms with Crippen molar-refractivity contribution in [1.82, 2.24) is 4.90 Å². The molecule has 2 aromatic rings. The monoisotopic (exact) mass is 415 g/mol. The van der Waals surface area contributed by atoms with Crippen LogP contribution in [-0.4, -0.2) is 50.9 Å². The van der Waals surface area contributed by atoms with Gasteiger partial charge in [-0.1, -0.05) is 30.3 Å². The lowest BCUT2D eigenvalue weighted by atomic mass is 10.2. The van der Waals surface area contributed by atoms with Crippen LogP contribution in [0.3, 0.4) is 0 Å². The third kappa shape index (κ3) is 4.76. The van der Waals surface area contributed by atoms with Crippen molar-refractivity contribution in [3.8, 4) is 23.0 Å². The Morgan fingerprint density at radius 2 is 1.67 bits per heavy atom. The minimum absolute atomic E-state index is 0.144. The third-order valence-electron chi connectivity index (χ3n) is 4.82. The van der Waals surface area contributed by atoms with Crippen molar-refractivity contribution in [2.75, 3.05) is 27.9 Å². The maximum absolute atomic E-state index is 12.8. The number of benzene rings is 2. The number of rotatable bonds is 7. The number of carbonyl (C=O) groups is 2.